The molecule has 9 nitrogen and oxygen atoms in total. The smallest absolute Gasteiger partial charge is 0.409 e. The normalized spacial score (nSPS) is 18.4. The minimum Gasteiger partial charge on any atom is -0.449 e. The second kappa shape index (κ2) is 11.4. The van der Waals surface area contributed by atoms with Gasteiger partial charge in [0.1, 0.15) is 16.2 Å². The van der Waals surface area contributed by atoms with E-state index in [0.29, 0.717) is 50.3 Å². The Morgan fingerprint density at radius 1 is 1.10 bits per heavy atom. The number of sulfone groups is 1. The number of fused-ring (bicyclic) bond motifs is 2. The van der Waals surface area contributed by atoms with Gasteiger partial charge in [0.15, 0.2) is 5.65 Å². The van der Waals surface area contributed by atoms with Crippen LogP contribution in [0.15, 0.2) is 30.7 Å². The maximum absolute atomic E-state index is 12.7. The van der Waals surface area contributed by atoms with Crippen LogP contribution in [0.5, 0.6) is 0 Å². The lowest BCUT2D eigenvalue weighted by molar-refractivity contribution is 0.0872. The summed E-state index contributed by atoms with van der Waals surface area (Å²) in [6.07, 6.45) is 7.31. The fraction of sp³-hybridized carbons (Fsp3) is 0.531. The number of piperidine rings is 1. The van der Waals surface area contributed by atoms with Gasteiger partial charge in [-0.1, -0.05) is 19.9 Å². The standard InChI is InChI=1S/C32H41N5O4S/c1-20(2)29-26-17-25(5-6-28(26)35-30(29)27-18-37-31(33-19-34-37)22(4)21(27)3)24-7-12-36(13-8-24)32(38)41-14-9-23-10-15-42(39,40)16-11-23/h5-6,17-20,23-24,35H,7-16H2,1-4H3. The van der Waals surface area contributed by atoms with Crippen LogP contribution in [0.1, 0.15) is 80.0 Å². The average molecular weight is 592 g/mol. The number of carbonyl (C=O) groups excluding carboxylic acids is 1. The zero-order chi connectivity index (χ0) is 29.6. The lowest BCUT2D eigenvalue weighted by atomic mass is 9.87. The van der Waals surface area contributed by atoms with Crippen molar-refractivity contribution in [1.82, 2.24) is 24.5 Å². The number of aromatic nitrogens is 4. The summed E-state index contributed by atoms with van der Waals surface area (Å²) < 4.78 is 30.7. The van der Waals surface area contributed by atoms with E-state index < -0.39 is 9.84 Å². The van der Waals surface area contributed by atoms with E-state index in [1.54, 1.807) is 6.33 Å². The third-order valence-corrected chi connectivity index (χ3v) is 11.2. The number of aryl methyl sites for hydroxylation is 1. The minimum absolute atomic E-state index is 0.250. The van der Waals surface area contributed by atoms with Crippen molar-refractivity contribution in [1.29, 1.82) is 0 Å². The maximum atomic E-state index is 12.7. The van der Waals surface area contributed by atoms with E-state index in [9.17, 15) is 13.2 Å². The van der Waals surface area contributed by atoms with Crippen molar-refractivity contribution < 1.29 is 17.9 Å². The van der Waals surface area contributed by atoms with E-state index in [-0.39, 0.29) is 17.6 Å². The Hall–Kier alpha value is -3.40. The molecule has 6 rings (SSSR count). The Kier molecular flexibility index (Phi) is 7.76. The van der Waals surface area contributed by atoms with Crippen LogP contribution in [0, 0.1) is 19.8 Å². The molecule has 1 amide bonds. The first-order valence-electron chi connectivity index (χ1n) is 15.2. The lowest BCUT2D eigenvalue weighted by Gasteiger charge is -2.32. The monoisotopic (exact) mass is 591 g/mol. The Morgan fingerprint density at radius 3 is 2.55 bits per heavy atom. The van der Waals surface area contributed by atoms with Crippen LogP contribution in [0.2, 0.25) is 0 Å². The number of ether oxygens (including phenoxy) is 1. The number of H-pyrrole nitrogens is 1. The first-order chi connectivity index (χ1) is 20.1. The number of nitrogens with zero attached hydrogens (tertiary/aromatic N) is 4. The molecule has 0 aliphatic carbocycles. The van der Waals surface area contributed by atoms with Crippen LogP contribution in [0.3, 0.4) is 0 Å². The highest BCUT2D eigenvalue weighted by Gasteiger charge is 2.27. The average Bonchev–Trinajstić information content (AvgIpc) is 3.60. The third kappa shape index (κ3) is 5.53. The molecule has 0 atom stereocenters. The highest BCUT2D eigenvalue weighted by atomic mass is 32.2. The van der Waals surface area contributed by atoms with Gasteiger partial charge in [0.25, 0.3) is 0 Å². The quantitative estimate of drug-likeness (QED) is 0.288. The predicted molar refractivity (Wildman–Crippen MR) is 165 cm³/mol. The summed E-state index contributed by atoms with van der Waals surface area (Å²) >= 11 is 0. The number of rotatable bonds is 6. The molecule has 5 heterocycles. The fourth-order valence-corrected chi connectivity index (χ4v) is 8.37. The molecule has 2 fully saturated rings. The molecule has 2 aliphatic rings. The van der Waals surface area contributed by atoms with Crippen molar-refractivity contribution in [3.63, 3.8) is 0 Å². The Balaban J connectivity index is 1.14. The first kappa shape index (κ1) is 28.7. The molecule has 2 aliphatic heterocycles. The SMILES string of the molecule is Cc1c(-c2[nH]c3ccc(C4CCN(C(=O)OCCC5CCS(=O)(=O)CC5)CC4)cc3c2C(C)C)cn2ncnc2c1C. The van der Waals surface area contributed by atoms with Gasteiger partial charge in [0.2, 0.25) is 0 Å². The maximum Gasteiger partial charge on any atom is 0.409 e. The second-order valence-electron chi connectivity index (χ2n) is 12.5. The zero-order valence-electron chi connectivity index (χ0n) is 25.0. The van der Waals surface area contributed by atoms with Crippen molar-refractivity contribution in [3.8, 4) is 11.3 Å². The second-order valence-corrected chi connectivity index (χ2v) is 14.8. The van der Waals surface area contributed by atoms with Crippen LogP contribution in [0.25, 0.3) is 27.8 Å². The first-order valence-corrected chi connectivity index (χ1v) is 17.0. The van der Waals surface area contributed by atoms with Gasteiger partial charge < -0.3 is 14.6 Å². The van der Waals surface area contributed by atoms with E-state index in [0.717, 1.165) is 47.2 Å². The molecular weight excluding hydrogens is 550 g/mol. The van der Waals surface area contributed by atoms with E-state index in [4.69, 9.17) is 4.74 Å². The molecule has 0 unspecified atom stereocenters. The van der Waals surface area contributed by atoms with E-state index in [2.05, 4.69) is 67.2 Å². The molecule has 0 spiro atoms. The molecule has 0 bridgehead atoms. The predicted octanol–water partition coefficient (Wildman–Crippen LogP) is 6.15. The van der Waals surface area contributed by atoms with Crippen LogP contribution >= 0.6 is 0 Å². The molecule has 1 aromatic carbocycles. The van der Waals surface area contributed by atoms with Crippen LogP contribution in [-0.2, 0) is 14.6 Å². The van der Waals surface area contributed by atoms with E-state index >= 15 is 0 Å². The van der Waals surface area contributed by atoms with Gasteiger partial charge in [-0.3, -0.25) is 0 Å². The summed E-state index contributed by atoms with van der Waals surface area (Å²) in [5.74, 6) is 1.54. The van der Waals surface area contributed by atoms with Crippen LogP contribution in [-0.4, -0.2) is 70.2 Å². The van der Waals surface area contributed by atoms with Gasteiger partial charge in [-0.2, -0.15) is 5.10 Å². The number of benzene rings is 1. The Labute approximate surface area is 247 Å². The number of hydrogen-bond donors (Lipinski definition) is 1. The molecule has 224 valence electrons. The summed E-state index contributed by atoms with van der Waals surface area (Å²) in [5.41, 5.74) is 9.27. The number of aromatic amines is 1. The summed E-state index contributed by atoms with van der Waals surface area (Å²) in [6.45, 7) is 10.5. The van der Waals surface area contributed by atoms with Crippen molar-refractivity contribution in [2.75, 3.05) is 31.2 Å². The zero-order valence-corrected chi connectivity index (χ0v) is 25.8. The molecule has 4 aromatic rings. The van der Waals surface area contributed by atoms with Gasteiger partial charge >= 0.3 is 6.09 Å². The summed E-state index contributed by atoms with van der Waals surface area (Å²) in [4.78, 5) is 22.7. The number of carbonyl (C=O) groups is 1. The summed E-state index contributed by atoms with van der Waals surface area (Å²) in [6, 6.07) is 6.78. The molecule has 42 heavy (non-hydrogen) atoms. The summed E-state index contributed by atoms with van der Waals surface area (Å²) in [7, 11) is -2.86. The van der Waals surface area contributed by atoms with Crippen LogP contribution in [0.4, 0.5) is 4.79 Å². The van der Waals surface area contributed by atoms with Crippen molar-refractivity contribution >= 4 is 32.5 Å². The highest BCUT2D eigenvalue weighted by molar-refractivity contribution is 7.91. The van der Waals surface area contributed by atoms with Crippen molar-refractivity contribution in [2.24, 2.45) is 5.92 Å². The molecular formula is C32H41N5O4S. The van der Waals surface area contributed by atoms with E-state index in [1.807, 2.05) is 9.42 Å². The number of pyridine rings is 1. The van der Waals surface area contributed by atoms with Gasteiger partial charge in [-0.25, -0.2) is 22.7 Å². The molecule has 0 saturated carbocycles. The minimum atomic E-state index is -2.86. The lowest BCUT2D eigenvalue weighted by Crippen LogP contribution is -2.38. The molecule has 0 radical (unpaired) electrons. The molecule has 10 heteroatoms. The Bertz CT molecular complexity index is 1720. The van der Waals surface area contributed by atoms with Gasteiger partial charge in [-0.15, -0.1) is 0 Å². The van der Waals surface area contributed by atoms with E-state index in [1.165, 1.54) is 22.1 Å². The topological polar surface area (TPSA) is 110 Å². The third-order valence-electron chi connectivity index (χ3n) is 9.49. The van der Waals surface area contributed by atoms with Gasteiger partial charge in [0.05, 0.1) is 23.8 Å². The van der Waals surface area contributed by atoms with Crippen molar-refractivity contribution in [3.05, 3.63) is 53.0 Å². The number of amides is 1. The molecule has 2 saturated heterocycles. The Morgan fingerprint density at radius 2 is 1.83 bits per heavy atom. The largest absolute Gasteiger partial charge is 0.449 e. The molecule has 3 aromatic heterocycles. The van der Waals surface area contributed by atoms with Gasteiger partial charge in [-0.05, 0) is 98.1 Å². The highest BCUT2D eigenvalue weighted by Crippen LogP contribution is 2.40. The fourth-order valence-electron chi connectivity index (χ4n) is 6.78. The van der Waals surface area contributed by atoms with Gasteiger partial charge in [0, 0.05) is 35.8 Å². The number of nitrogens with one attached hydrogen (secondary N) is 1. The number of likely N-dealkylation sites (tertiary alicyclic amines) is 1. The summed E-state index contributed by atoms with van der Waals surface area (Å²) in [5, 5.41) is 5.66. The van der Waals surface area contributed by atoms with Crippen LogP contribution < -0.4 is 0 Å². The number of hydrogen-bond acceptors (Lipinski definition) is 6. The van der Waals surface area contributed by atoms with Crippen molar-refractivity contribution in [2.45, 2.75) is 71.6 Å². The molecule has 1 N–H and O–H groups in total.